The maximum absolute atomic E-state index is 2.51. The first-order valence-corrected chi connectivity index (χ1v) is 19.6. The molecule has 0 unspecified atom stereocenters. The Balaban J connectivity index is 1.21. The maximum atomic E-state index is 2.51. The molecule has 9 aromatic carbocycles. The molecule has 0 saturated carbocycles. The summed E-state index contributed by atoms with van der Waals surface area (Å²) < 4.78 is 4.87. The number of para-hydroxylation sites is 4. The highest BCUT2D eigenvalue weighted by Gasteiger charge is 2.25. The number of hydrogen-bond acceptors (Lipinski definition) is 1. The third kappa shape index (κ3) is 4.79. The van der Waals surface area contributed by atoms with Crippen LogP contribution in [0.5, 0.6) is 0 Å². The van der Waals surface area contributed by atoms with Gasteiger partial charge in [0.05, 0.1) is 33.3 Å². The van der Waals surface area contributed by atoms with Gasteiger partial charge in [-0.05, 0) is 95.1 Å². The molecular formula is C54H35N3. The van der Waals surface area contributed by atoms with Crippen LogP contribution in [0.25, 0.3) is 87.8 Å². The topological polar surface area (TPSA) is 12.6 Å². The van der Waals surface area contributed by atoms with Crippen molar-refractivity contribution in [3.63, 3.8) is 0 Å². The van der Waals surface area contributed by atoms with Crippen LogP contribution in [0.3, 0.4) is 0 Å². The molecule has 0 saturated heterocycles. The average Bonchev–Trinajstić information content (AvgIpc) is 3.93. The van der Waals surface area contributed by atoms with Crippen molar-refractivity contribution in [2.75, 3.05) is 4.90 Å². The third-order valence-electron chi connectivity index (χ3n) is 11.8. The summed E-state index contributed by atoms with van der Waals surface area (Å²) in [5, 5.41) is 7.47. The van der Waals surface area contributed by atoms with Crippen molar-refractivity contribution in [1.82, 2.24) is 8.97 Å². The number of benzene rings is 9. The first-order valence-electron chi connectivity index (χ1n) is 19.6. The molecule has 266 valence electrons. The van der Waals surface area contributed by atoms with Gasteiger partial charge in [0.2, 0.25) is 0 Å². The first-order chi connectivity index (χ1) is 28.3. The molecule has 0 bridgehead atoms. The fourth-order valence-corrected chi connectivity index (χ4v) is 9.35. The minimum Gasteiger partial charge on any atom is -0.310 e. The fourth-order valence-electron chi connectivity index (χ4n) is 9.35. The molecule has 0 N–H and O–H groups in total. The molecule has 12 aromatic rings. The van der Waals surface area contributed by atoms with Gasteiger partial charge in [-0.15, -0.1) is 0 Å². The molecule has 0 aliphatic rings. The molecule has 0 spiro atoms. The van der Waals surface area contributed by atoms with Crippen LogP contribution in [-0.2, 0) is 0 Å². The van der Waals surface area contributed by atoms with Gasteiger partial charge in [0.15, 0.2) is 0 Å². The van der Waals surface area contributed by atoms with Crippen LogP contribution in [0.4, 0.5) is 17.1 Å². The van der Waals surface area contributed by atoms with Gasteiger partial charge in [0.1, 0.15) is 0 Å². The van der Waals surface area contributed by atoms with E-state index in [4.69, 9.17) is 0 Å². The van der Waals surface area contributed by atoms with Crippen LogP contribution < -0.4 is 4.90 Å². The molecule has 0 atom stereocenters. The first kappa shape index (κ1) is 31.7. The number of rotatable bonds is 6. The summed E-state index contributed by atoms with van der Waals surface area (Å²) in [7, 11) is 0. The smallest absolute Gasteiger partial charge is 0.0641 e. The Bertz CT molecular complexity index is 3390. The molecule has 57 heavy (non-hydrogen) atoms. The van der Waals surface area contributed by atoms with Crippen LogP contribution in [0, 0.1) is 0 Å². The van der Waals surface area contributed by atoms with Crippen LogP contribution in [0.1, 0.15) is 0 Å². The molecule has 0 radical (unpaired) electrons. The minimum atomic E-state index is 1.10. The summed E-state index contributed by atoms with van der Waals surface area (Å²) in [6, 6.07) is 77.5. The summed E-state index contributed by atoms with van der Waals surface area (Å²) >= 11 is 0. The molecular weight excluding hydrogens is 691 g/mol. The summed E-state index contributed by atoms with van der Waals surface area (Å²) in [6.07, 6.45) is 0. The maximum Gasteiger partial charge on any atom is 0.0641 e. The van der Waals surface area contributed by atoms with Crippen molar-refractivity contribution >= 4 is 77.0 Å². The van der Waals surface area contributed by atoms with E-state index in [1.54, 1.807) is 0 Å². The number of fused-ring (bicyclic) bond motifs is 9. The highest BCUT2D eigenvalue weighted by Crippen LogP contribution is 2.49. The Kier molecular flexibility index (Phi) is 6.93. The van der Waals surface area contributed by atoms with Crippen molar-refractivity contribution in [3.05, 3.63) is 212 Å². The number of nitrogens with zero attached hydrogens (tertiary/aromatic N) is 3. The van der Waals surface area contributed by atoms with Crippen molar-refractivity contribution in [1.29, 1.82) is 0 Å². The monoisotopic (exact) mass is 725 g/mol. The summed E-state index contributed by atoms with van der Waals surface area (Å²) in [5.74, 6) is 0. The molecule has 3 heterocycles. The number of anilines is 3. The predicted molar refractivity (Wildman–Crippen MR) is 241 cm³/mol. The minimum absolute atomic E-state index is 1.10. The zero-order chi connectivity index (χ0) is 37.5. The summed E-state index contributed by atoms with van der Waals surface area (Å²) in [6.45, 7) is 0. The second kappa shape index (κ2) is 12.5. The third-order valence-corrected chi connectivity index (χ3v) is 11.8. The van der Waals surface area contributed by atoms with Crippen molar-refractivity contribution < 1.29 is 0 Å². The van der Waals surface area contributed by atoms with E-state index in [9.17, 15) is 0 Å². The molecule has 3 nitrogen and oxygen atoms in total. The molecule has 0 aliphatic heterocycles. The Labute approximate surface area is 329 Å². The van der Waals surface area contributed by atoms with E-state index in [2.05, 4.69) is 226 Å². The summed E-state index contributed by atoms with van der Waals surface area (Å²) in [4.78, 5) is 2.51. The molecule has 3 aromatic heterocycles. The molecule has 3 heteroatoms. The lowest BCUT2D eigenvalue weighted by molar-refractivity contribution is 1.18. The van der Waals surface area contributed by atoms with E-state index in [1.807, 2.05) is 0 Å². The van der Waals surface area contributed by atoms with Crippen molar-refractivity contribution in [3.8, 4) is 27.9 Å². The zero-order valence-electron chi connectivity index (χ0n) is 31.0. The van der Waals surface area contributed by atoms with Gasteiger partial charge in [0.25, 0.3) is 0 Å². The highest BCUT2D eigenvalue weighted by molar-refractivity contribution is 6.27. The van der Waals surface area contributed by atoms with Crippen LogP contribution in [-0.4, -0.2) is 8.97 Å². The fraction of sp³-hybridized carbons (Fsp3) is 0. The SMILES string of the molecule is c1ccc(-c2cc(-c3ccccc3)cc(N(c3ccc4c(c3)c3ccccc3n4-c3ccccc3)c3ccc4c5ccccc5n5c6ccccc6c3c45)c2)cc1. The highest BCUT2D eigenvalue weighted by atomic mass is 15.1. The lowest BCUT2D eigenvalue weighted by atomic mass is 9.96. The van der Waals surface area contributed by atoms with E-state index in [0.717, 1.165) is 22.7 Å². The normalized spacial score (nSPS) is 11.9. The van der Waals surface area contributed by atoms with Crippen molar-refractivity contribution in [2.45, 2.75) is 0 Å². The molecule has 0 fully saturated rings. The Hall–Kier alpha value is -7.62. The number of aromatic nitrogens is 2. The standard InChI is InChI=1S/C54H35N3/c1-4-16-36(17-5-1)38-32-39(37-18-6-2-7-19-37)34-42(33-38)55(41-28-30-51-47(35-41)44-23-11-13-25-48(44)56(51)40-20-8-3-9-21-40)52-31-29-45-43-22-10-14-26-49(43)57-50-27-15-12-24-46(50)53(52)54(45)57/h1-35H. The van der Waals surface area contributed by atoms with Gasteiger partial charge >= 0.3 is 0 Å². The van der Waals surface area contributed by atoms with Crippen LogP contribution in [0.2, 0.25) is 0 Å². The lowest BCUT2D eigenvalue weighted by Crippen LogP contribution is -2.11. The Morgan fingerprint density at radius 3 is 1.51 bits per heavy atom. The molecule has 0 aliphatic carbocycles. The molecule has 0 amide bonds. The van der Waals surface area contributed by atoms with Gasteiger partial charge in [-0.25, -0.2) is 0 Å². The van der Waals surface area contributed by atoms with Gasteiger partial charge in [-0.2, -0.15) is 0 Å². The van der Waals surface area contributed by atoms with Gasteiger partial charge < -0.3 is 13.9 Å². The summed E-state index contributed by atoms with van der Waals surface area (Å²) in [5.41, 5.74) is 15.3. The largest absolute Gasteiger partial charge is 0.310 e. The van der Waals surface area contributed by atoms with E-state index in [1.165, 1.54) is 82.2 Å². The number of hydrogen-bond donors (Lipinski definition) is 0. The quantitative estimate of drug-likeness (QED) is 0.166. The van der Waals surface area contributed by atoms with E-state index >= 15 is 0 Å². The van der Waals surface area contributed by atoms with Crippen LogP contribution >= 0.6 is 0 Å². The lowest BCUT2D eigenvalue weighted by Gasteiger charge is -2.28. The zero-order valence-corrected chi connectivity index (χ0v) is 31.0. The van der Waals surface area contributed by atoms with Gasteiger partial charge in [-0.3, -0.25) is 0 Å². The molecule has 12 rings (SSSR count). The van der Waals surface area contributed by atoms with Gasteiger partial charge in [0, 0.05) is 49.4 Å². The van der Waals surface area contributed by atoms with E-state index in [0.29, 0.717) is 0 Å². The van der Waals surface area contributed by atoms with Crippen LogP contribution in [0.15, 0.2) is 212 Å². The van der Waals surface area contributed by atoms with Gasteiger partial charge in [-0.1, -0.05) is 140 Å². The van der Waals surface area contributed by atoms with E-state index < -0.39 is 0 Å². The average molecular weight is 726 g/mol. The van der Waals surface area contributed by atoms with E-state index in [-0.39, 0.29) is 0 Å². The Morgan fingerprint density at radius 1 is 0.316 bits per heavy atom. The van der Waals surface area contributed by atoms with Crippen molar-refractivity contribution in [2.24, 2.45) is 0 Å². The Morgan fingerprint density at radius 2 is 0.842 bits per heavy atom. The second-order valence-electron chi connectivity index (χ2n) is 15.0. The second-order valence-corrected chi connectivity index (χ2v) is 15.0. The predicted octanol–water partition coefficient (Wildman–Crippen LogP) is 14.7.